The number of rotatable bonds is 6. The monoisotopic (exact) mass is 422 g/mol. The van der Waals surface area contributed by atoms with Gasteiger partial charge in [-0.15, -0.1) is 0 Å². The fraction of sp³-hybridized carbons (Fsp3) is 0.0909. The zero-order chi connectivity index (χ0) is 21.1. The van der Waals surface area contributed by atoms with Crippen LogP contribution in [0, 0.1) is 5.82 Å². The van der Waals surface area contributed by atoms with E-state index in [1.54, 1.807) is 18.2 Å². The van der Waals surface area contributed by atoms with Gasteiger partial charge in [-0.1, -0.05) is 42.5 Å². The van der Waals surface area contributed by atoms with Gasteiger partial charge in [-0.25, -0.2) is 9.11 Å². The van der Waals surface area contributed by atoms with Gasteiger partial charge in [0.05, 0.1) is 16.8 Å². The molecule has 6 nitrogen and oxygen atoms in total. The molecule has 0 aliphatic heterocycles. The van der Waals surface area contributed by atoms with Crippen LogP contribution in [-0.2, 0) is 17.7 Å². The Morgan fingerprint density at radius 3 is 2.53 bits per heavy atom. The van der Waals surface area contributed by atoms with Crippen LogP contribution in [0.2, 0.25) is 0 Å². The van der Waals surface area contributed by atoms with Crippen LogP contribution in [0.4, 0.5) is 4.39 Å². The fourth-order valence-electron chi connectivity index (χ4n) is 3.34. The SMILES string of the molecule is O=c1c2ccccc2c(-c2cccc(CCNS(=O)[O-])c2)nn1-c1cccc(F)c1. The number of benzene rings is 3. The van der Waals surface area contributed by atoms with Gasteiger partial charge >= 0.3 is 0 Å². The van der Waals surface area contributed by atoms with Crippen molar-refractivity contribution in [1.29, 1.82) is 0 Å². The van der Waals surface area contributed by atoms with E-state index >= 15 is 0 Å². The van der Waals surface area contributed by atoms with E-state index in [9.17, 15) is 17.9 Å². The molecule has 0 radical (unpaired) electrons. The van der Waals surface area contributed by atoms with E-state index < -0.39 is 17.1 Å². The maximum atomic E-state index is 13.8. The van der Waals surface area contributed by atoms with E-state index in [0.29, 0.717) is 28.6 Å². The van der Waals surface area contributed by atoms with Gasteiger partial charge in [-0.05, 0) is 42.3 Å². The van der Waals surface area contributed by atoms with Gasteiger partial charge in [-0.3, -0.25) is 9.00 Å². The highest BCUT2D eigenvalue weighted by Gasteiger charge is 2.14. The van der Waals surface area contributed by atoms with Gasteiger partial charge < -0.3 is 4.55 Å². The zero-order valence-corrected chi connectivity index (χ0v) is 16.6. The third kappa shape index (κ3) is 4.20. The molecule has 0 fully saturated rings. The van der Waals surface area contributed by atoms with Crippen LogP contribution in [0.3, 0.4) is 0 Å². The van der Waals surface area contributed by atoms with Crippen molar-refractivity contribution in [3.05, 3.63) is 94.5 Å². The summed E-state index contributed by atoms with van der Waals surface area (Å²) in [6, 6.07) is 20.4. The van der Waals surface area contributed by atoms with Gasteiger partial charge in [-0.2, -0.15) is 9.78 Å². The van der Waals surface area contributed by atoms with E-state index in [0.717, 1.165) is 11.1 Å². The number of halogens is 1. The summed E-state index contributed by atoms with van der Waals surface area (Å²) in [5.74, 6) is -0.457. The molecule has 0 amide bonds. The molecule has 30 heavy (non-hydrogen) atoms. The number of fused-ring (bicyclic) bond motifs is 1. The third-order valence-electron chi connectivity index (χ3n) is 4.69. The van der Waals surface area contributed by atoms with Crippen LogP contribution in [0.15, 0.2) is 77.6 Å². The number of hydrogen-bond acceptors (Lipinski definition) is 4. The van der Waals surface area contributed by atoms with Crippen molar-refractivity contribution in [2.45, 2.75) is 6.42 Å². The molecule has 1 heterocycles. The van der Waals surface area contributed by atoms with Crippen molar-refractivity contribution < 1.29 is 13.2 Å². The topological polar surface area (TPSA) is 87.1 Å². The van der Waals surface area contributed by atoms with Crippen molar-refractivity contribution in [3.8, 4) is 16.9 Å². The van der Waals surface area contributed by atoms with E-state index in [1.165, 1.54) is 22.9 Å². The summed E-state index contributed by atoms with van der Waals surface area (Å²) in [7, 11) is 0. The highest BCUT2D eigenvalue weighted by Crippen LogP contribution is 2.26. The molecule has 1 atom stereocenters. The van der Waals surface area contributed by atoms with Crippen molar-refractivity contribution in [2.75, 3.05) is 6.54 Å². The molecule has 4 rings (SSSR count). The average Bonchev–Trinajstić information content (AvgIpc) is 2.74. The second-order valence-electron chi connectivity index (χ2n) is 6.67. The minimum atomic E-state index is -2.31. The molecule has 1 unspecified atom stereocenters. The van der Waals surface area contributed by atoms with Gasteiger partial charge in [0.25, 0.3) is 5.56 Å². The van der Waals surface area contributed by atoms with Crippen LogP contribution in [0.1, 0.15) is 5.56 Å². The lowest BCUT2D eigenvalue weighted by atomic mass is 10.0. The molecule has 0 aliphatic rings. The van der Waals surface area contributed by atoms with Crippen LogP contribution < -0.4 is 10.3 Å². The predicted octanol–water partition coefficient (Wildman–Crippen LogP) is 3.12. The van der Waals surface area contributed by atoms with Crippen molar-refractivity contribution in [1.82, 2.24) is 14.5 Å². The lowest BCUT2D eigenvalue weighted by Gasteiger charge is -2.12. The Bertz CT molecular complexity index is 1310. The summed E-state index contributed by atoms with van der Waals surface area (Å²) < 4.78 is 38.7. The predicted molar refractivity (Wildman–Crippen MR) is 113 cm³/mol. The van der Waals surface area contributed by atoms with E-state index in [4.69, 9.17) is 0 Å². The highest BCUT2D eigenvalue weighted by molar-refractivity contribution is 7.77. The largest absolute Gasteiger partial charge is 0.760 e. The van der Waals surface area contributed by atoms with E-state index in [-0.39, 0.29) is 12.1 Å². The Morgan fingerprint density at radius 2 is 1.77 bits per heavy atom. The molecule has 8 heteroatoms. The average molecular weight is 422 g/mol. The maximum absolute atomic E-state index is 13.8. The standard InChI is InChI=1S/C22H18FN3O3S/c23-17-7-4-8-18(14-17)26-22(27)20-10-2-1-9-19(20)21(25-26)16-6-3-5-15(13-16)11-12-24-30(28)29/h1-10,13-14,24H,11-12H2,(H,28,29)/p-1. The molecule has 0 saturated carbocycles. The normalized spacial score (nSPS) is 12.2. The molecule has 4 aromatic rings. The minimum Gasteiger partial charge on any atom is -0.760 e. The second kappa shape index (κ2) is 8.66. The van der Waals surface area contributed by atoms with Crippen molar-refractivity contribution in [3.63, 3.8) is 0 Å². The van der Waals surface area contributed by atoms with Crippen molar-refractivity contribution in [2.24, 2.45) is 0 Å². The molecule has 1 N–H and O–H groups in total. The lowest BCUT2D eigenvalue weighted by Crippen LogP contribution is -2.22. The number of nitrogens with one attached hydrogen (secondary N) is 1. The Balaban J connectivity index is 1.86. The molecule has 1 aromatic heterocycles. The summed E-state index contributed by atoms with van der Waals surface area (Å²) in [4.78, 5) is 13.0. The summed E-state index contributed by atoms with van der Waals surface area (Å²) in [6.07, 6.45) is 0.503. The number of nitrogens with zero attached hydrogens (tertiary/aromatic N) is 2. The van der Waals surface area contributed by atoms with Crippen LogP contribution >= 0.6 is 0 Å². The van der Waals surface area contributed by atoms with Crippen LogP contribution in [0.5, 0.6) is 0 Å². The van der Waals surface area contributed by atoms with Gasteiger partial charge in [0.15, 0.2) is 0 Å². The molecule has 3 aromatic carbocycles. The van der Waals surface area contributed by atoms with E-state index in [1.807, 2.05) is 36.4 Å². The molecule has 0 bridgehead atoms. The molecule has 0 spiro atoms. The summed E-state index contributed by atoms with van der Waals surface area (Å²) in [5, 5.41) is 5.71. The maximum Gasteiger partial charge on any atom is 0.279 e. The number of aromatic nitrogens is 2. The first kappa shape index (κ1) is 20.1. The Labute approximate surface area is 174 Å². The lowest BCUT2D eigenvalue weighted by molar-refractivity contribution is 0.523. The smallest absolute Gasteiger partial charge is 0.279 e. The Morgan fingerprint density at radius 1 is 1.00 bits per heavy atom. The first-order chi connectivity index (χ1) is 14.5. The first-order valence-corrected chi connectivity index (χ1v) is 10.3. The van der Waals surface area contributed by atoms with Crippen LogP contribution in [-0.4, -0.2) is 25.1 Å². The molecule has 0 saturated heterocycles. The molecular weight excluding hydrogens is 405 g/mol. The molecule has 152 valence electrons. The molecular formula is C22H17FN3O3S-. The summed E-state index contributed by atoms with van der Waals surface area (Å²) in [6.45, 7) is 0.274. The van der Waals surface area contributed by atoms with Gasteiger partial charge in [0.1, 0.15) is 5.82 Å². The quantitative estimate of drug-likeness (QED) is 0.484. The van der Waals surface area contributed by atoms with E-state index in [2.05, 4.69) is 9.82 Å². The van der Waals surface area contributed by atoms with Crippen LogP contribution in [0.25, 0.3) is 27.7 Å². The highest BCUT2D eigenvalue weighted by atomic mass is 32.2. The molecule has 0 aliphatic carbocycles. The fourth-order valence-corrected chi connectivity index (χ4v) is 3.61. The Hall–Kier alpha value is -3.20. The summed E-state index contributed by atoms with van der Waals surface area (Å²) >= 11 is -2.31. The van der Waals surface area contributed by atoms with Gasteiger partial charge in [0.2, 0.25) is 0 Å². The zero-order valence-electron chi connectivity index (χ0n) is 15.7. The number of hydrogen-bond donors (Lipinski definition) is 1. The third-order valence-corrected chi connectivity index (χ3v) is 5.13. The second-order valence-corrected chi connectivity index (χ2v) is 7.43. The Kier molecular flexibility index (Phi) is 5.80. The minimum absolute atomic E-state index is 0.274. The van der Waals surface area contributed by atoms with Gasteiger partial charge in [0, 0.05) is 28.8 Å². The van der Waals surface area contributed by atoms with Crippen molar-refractivity contribution >= 4 is 22.0 Å². The summed E-state index contributed by atoms with van der Waals surface area (Å²) in [5.41, 5.74) is 2.28. The first-order valence-electron chi connectivity index (χ1n) is 9.23.